The topological polar surface area (TPSA) is 80.7 Å². The van der Waals surface area contributed by atoms with Gasteiger partial charge in [0.2, 0.25) is 11.7 Å². The first kappa shape index (κ1) is 8.67. The fraction of sp³-hybridized carbons (Fsp3) is 0.400. The third-order valence-corrected chi connectivity index (χ3v) is 2.94. The molecule has 78 valence electrons. The summed E-state index contributed by atoms with van der Waals surface area (Å²) in [5.74, 6) is 1.13. The third-order valence-electron chi connectivity index (χ3n) is 2.94. The van der Waals surface area contributed by atoms with Crippen molar-refractivity contribution in [2.45, 2.75) is 24.8 Å². The average Bonchev–Trinajstić information content (AvgIpc) is 2.84. The summed E-state index contributed by atoms with van der Waals surface area (Å²) in [7, 11) is 0. The normalized spacial score (nSPS) is 18.7. The number of rotatable bonds is 2. The highest BCUT2D eigenvalue weighted by Gasteiger charge is 2.39. The first-order valence-corrected chi connectivity index (χ1v) is 5.05. The van der Waals surface area contributed by atoms with Crippen LogP contribution in [0.5, 0.6) is 0 Å². The van der Waals surface area contributed by atoms with E-state index in [0.717, 1.165) is 25.0 Å². The van der Waals surface area contributed by atoms with E-state index >= 15 is 0 Å². The first-order valence-electron chi connectivity index (χ1n) is 5.05. The molecule has 0 spiro atoms. The van der Waals surface area contributed by atoms with Crippen LogP contribution in [0.3, 0.4) is 0 Å². The van der Waals surface area contributed by atoms with Gasteiger partial charge in [-0.2, -0.15) is 4.98 Å². The number of aromatic amines is 1. The number of H-pyrrole nitrogens is 1. The molecule has 0 aromatic carbocycles. The maximum Gasteiger partial charge on any atom is 0.247 e. The SMILES string of the molecule is NC1(c2nc(-c3ccc[nH]3)no2)CCC1. The van der Waals surface area contributed by atoms with Crippen molar-refractivity contribution in [3.05, 3.63) is 24.2 Å². The fourth-order valence-electron chi connectivity index (χ4n) is 1.78. The van der Waals surface area contributed by atoms with Crippen LogP contribution >= 0.6 is 0 Å². The van der Waals surface area contributed by atoms with E-state index in [4.69, 9.17) is 10.3 Å². The van der Waals surface area contributed by atoms with Gasteiger partial charge in [0.05, 0.1) is 11.2 Å². The molecule has 2 aromatic rings. The van der Waals surface area contributed by atoms with Crippen LogP contribution in [0, 0.1) is 0 Å². The lowest BCUT2D eigenvalue weighted by molar-refractivity contribution is 0.181. The van der Waals surface area contributed by atoms with E-state index in [-0.39, 0.29) is 5.54 Å². The molecular weight excluding hydrogens is 192 g/mol. The van der Waals surface area contributed by atoms with Crippen LogP contribution in [0.25, 0.3) is 11.5 Å². The Labute approximate surface area is 86.7 Å². The molecule has 0 bridgehead atoms. The van der Waals surface area contributed by atoms with Crippen molar-refractivity contribution in [2.24, 2.45) is 5.73 Å². The average molecular weight is 204 g/mol. The molecule has 3 N–H and O–H groups in total. The summed E-state index contributed by atoms with van der Waals surface area (Å²) < 4.78 is 5.19. The lowest BCUT2D eigenvalue weighted by Gasteiger charge is -2.33. The Morgan fingerprint density at radius 2 is 2.33 bits per heavy atom. The van der Waals surface area contributed by atoms with Crippen LogP contribution in [0.1, 0.15) is 25.2 Å². The van der Waals surface area contributed by atoms with Gasteiger partial charge in [-0.15, -0.1) is 0 Å². The molecule has 0 saturated heterocycles. The van der Waals surface area contributed by atoms with E-state index in [9.17, 15) is 0 Å². The lowest BCUT2D eigenvalue weighted by Crippen LogP contribution is -2.43. The first-order chi connectivity index (χ1) is 7.28. The summed E-state index contributed by atoms with van der Waals surface area (Å²) in [4.78, 5) is 7.34. The zero-order valence-electron chi connectivity index (χ0n) is 8.23. The van der Waals surface area contributed by atoms with E-state index in [1.807, 2.05) is 18.3 Å². The fourth-order valence-corrected chi connectivity index (χ4v) is 1.78. The monoisotopic (exact) mass is 204 g/mol. The predicted molar refractivity (Wildman–Crippen MR) is 53.8 cm³/mol. The lowest BCUT2D eigenvalue weighted by atomic mass is 9.78. The maximum absolute atomic E-state index is 6.08. The van der Waals surface area contributed by atoms with Crippen LogP contribution in [-0.2, 0) is 5.54 Å². The molecule has 3 rings (SSSR count). The van der Waals surface area contributed by atoms with E-state index in [1.54, 1.807) is 0 Å². The van der Waals surface area contributed by atoms with Gasteiger partial charge in [0.15, 0.2) is 0 Å². The van der Waals surface area contributed by atoms with Crippen molar-refractivity contribution in [1.82, 2.24) is 15.1 Å². The molecule has 0 amide bonds. The Balaban J connectivity index is 1.94. The third kappa shape index (κ3) is 1.27. The van der Waals surface area contributed by atoms with Crippen molar-refractivity contribution in [1.29, 1.82) is 0 Å². The molecule has 0 atom stereocenters. The summed E-state index contributed by atoms with van der Waals surface area (Å²) in [6, 6.07) is 3.80. The minimum atomic E-state index is -0.377. The molecule has 0 unspecified atom stereocenters. The van der Waals surface area contributed by atoms with Crippen LogP contribution in [0.2, 0.25) is 0 Å². The molecular formula is C10H12N4O. The number of hydrogen-bond acceptors (Lipinski definition) is 4. The van der Waals surface area contributed by atoms with Gasteiger partial charge in [0, 0.05) is 6.20 Å². The van der Waals surface area contributed by atoms with Gasteiger partial charge < -0.3 is 15.2 Å². The summed E-state index contributed by atoms with van der Waals surface area (Å²) >= 11 is 0. The summed E-state index contributed by atoms with van der Waals surface area (Å²) in [5.41, 5.74) is 6.56. The van der Waals surface area contributed by atoms with Crippen LogP contribution < -0.4 is 5.73 Å². The summed E-state index contributed by atoms with van der Waals surface area (Å²) in [6.45, 7) is 0. The molecule has 1 saturated carbocycles. The Morgan fingerprint density at radius 1 is 1.47 bits per heavy atom. The molecule has 0 radical (unpaired) electrons. The Morgan fingerprint density at radius 3 is 2.93 bits per heavy atom. The Hall–Kier alpha value is -1.62. The number of aromatic nitrogens is 3. The predicted octanol–water partition coefficient (Wildman–Crippen LogP) is 1.40. The van der Waals surface area contributed by atoms with E-state index in [1.165, 1.54) is 0 Å². The molecule has 1 aliphatic carbocycles. The van der Waals surface area contributed by atoms with Crippen molar-refractivity contribution in [3.8, 4) is 11.5 Å². The van der Waals surface area contributed by atoms with Gasteiger partial charge in [-0.1, -0.05) is 5.16 Å². The molecule has 0 aliphatic heterocycles. The number of nitrogens with one attached hydrogen (secondary N) is 1. The Bertz CT molecular complexity index is 455. The minimum Gasteiger partial charge on any atom is -0.359 e. The van der Waals surface area contributed by atoms with Gasteiger partial charge >= 0.3 is 0 Å². The van der Waals surface area contributed by atoms with Crippen LogP contribution in [-0.4, -0.2) is 15.1 Å². The largest absolute Gasteiger partial charge is 0.359 e. The molecule has 1 aliphatic rings. The van der Waals surface area contributed by atoms with Crippen LogP contribution in [0.15, 0.2) is 22.9 Å². The van der Waals surface area contributed by atoms with Gasteiger partial charge in [-0.05, 0) is 31.4 Å². The van der Waals surface area contributed by atoms with Gasteiger partial charge in [0.1, 0.15) is 0 Å². The molecule has 5 heteroatoms. The minimum absolute atomic E-state index is 0.377. The van der Waals surface area contributed by atoms with E-state index in [0.29, 0.717) is 11.7 Å². The maximum atomic E-state index is 6.08. The highest BCUT2D eigenvalue weighted by molar-refractivity contribution is 5.48. The quantitative estimate of drug-likeness (QED) is 0.774. The van der Waals surface area contributed by atoms with Crippen molar-refractivity contribution in [3.63, 3.8) is 0 Å². The van der Waals surface area contributed by atoms with E-state index in [2.05, 4.69) is 15.1 Å². The molecule has 5 nitrogen and oxygen atoms in total. The summed E-state index contributed by atoms with van der Waals surface area (Å²) in [5, 5.41) is 3.91. The van der Waals surface area contributed by atoms with Crippen LogP contribution in [0.4, 0.5) is 0 Å². The smallest absolute Gasteiger partial charge is 0.247 e. The summed E-state index contributed by atoms with van der Waals surface area (Å²) in [6.07, 6.45) is 4.82. The molecule has 15 heavy (non-hydrogen) atoms. The number of nitrogens with zero attached hydrogens (tertiary/aromatic N) is 2. The Kier molecular flexibility index (Phi) is 1.70. The number of nitrogens with two attached hydrogens (primary N) is 1. The van der Waals surface area contributed by atoms with Gasteiger partial charge in [-0.25, -0.2) is 0 Å². The zero-order chi connectivity index (χ0) is 10.3. The molecule has 1 fully saturated rings. The van der Waals surface area contributed by atoms with Crippen molar-refractivity contribution >= 4 is 0 Å². The van der Waals surface area contributed by atoms with Crippen molar-refractivity contribution in [2.75, 3.05) is 0 Å². The zero-order valence-corrected chi connectivity index (χ0v) is 8.23. The highest BCUT2D eigenvalue weighted by Crippen LogP contribution is 2.38. The second-order valence-electron chi connectivity index (χ2n) is 4.02. The van der Waals surface area contributed by atoms with Gasteiger partial charge in [0.25, 0.3) is 0 Å². The highest BCUT2D eigenvalue weighted by atomic mass is 16.5. The standard InChI is InChI=1S/C10H12N4O/c11-10(4-2-5-10)9-13-8(14-15-9)7-3-1-6-12-7/h1,3,6,12H,2,4-5,11H2. The van der Waals surface area contributed by atoms with Gasteiger partial charge in [-0.3, -0.25) is 0 Å². The van der Waals surface area contributed by atoms with Crippen molar-refractivity contribution < 1.29 is 4.52 Å². The molecule has 2 heterocycles. The second kappa shape index (κ2) is 2.93. The number of hydrogen-bond donors (Lipinski definition) is 2. The second-order valence-corrected chi connectivity index (χ2v) is 4.02. The molecule has 2 aromatic heterocycles. The van der Waals surface area contributed by atoms with E-state index < -0.39 is 0 Å².